The molecule has 2 aromatic carbocycles. The average Bonchev–Trinajstić information content (AvgIpc) is 2.68. The molecular weight excluding hydrogens is 314 g/mol. The SMILES string of the molecule is N#CCC(=O)N1CCN(C(=O)c2ccc(-c3ccccc3)cc2)CC1. The van der Waals surface area contributed by atoms with Crippen LogP contribution in [0.25, 0.3) is 11.1 Å². The number of nitrogens with zero attached hydrogens (tertiary/aromatic N) is 3. The molecule has 1 heterocycles. The zero-order valence-corrected chi connectivity index (χ0v) is 13.9. The Morgan fingerprint density at radius 1 is 0.840 bits per heavy atom. The van der Waals surface area contributed by atoms with Gasteiger partial charge in [0.1, 0.15) is 6.42 Å². The fraction of sp³-hybridized carbons (Fsp3) is 0.250. The van der Waals surface area contributed by atoms with Gasteiger partial charge in [-0.1, -0.05) is 42.5 Å². The highest BCUT2D eigenvalue weighted by molar-refractivity contribution is 5.95. The Morgan fingerprint density at radius 3 is 2.00 bits per heavy atom. The van der Waals surface area contributed by atoms with Gasteiger partial charge < -0.3 is 9.80 Å². The Hall–Kier alpha value is -3.13. The predicted molar refractivity (Wildman–Crippen MR) is 94.6 cm³/mol. The Balaban J connectivity index is 1.63. The first-order valence-electron chi connectivity index (χ1n) is 8.28. The van der Waals surface area contributed by atoms with Crippen LogP contribution in [0.1, 0.15) is 16.8 Å². The summed E-state index contributed by atoms with van der Waals surface area (Å²) in [5.41, 5.74) is 2.84. The number of hydrogen-bond donors (Lipinski definition) is 0. The van der Waals surface area contributed by atoms with E-state index in [1.54, 1.807) is 9.80 Å². The van der Waals surface area contributed by atoms with E-state index in [0.29, 0.717) is 31.7 Å². The van der Waals surface area contributed by atoms with Crippen LogP contribution in [0, 0.1) is 11.3 Å². The van der Waals surface area contributed by atoms with E-state index in [2.05, 4.69) is 0 Å². The molecule has 0 spiro atoms. The quantitative estimate of drug-likeness (QED) is 0.867. The topological polar surface area (TPSA) is 64.4 Å². The fourth-order valence-corrected chi connectivity index (χ4v) is 2.96. The van der Waals surface area contributed by atoms with Crippen molar-refractivity contribution in [3.8, 4) is 17.2 Å². The van der Waals surface area contributed by atoms with Gasteiger partial charge in [-0.15, -0.1) is 0 Å². The minimum Gasteiger partial charge on any atom is -0.338 e. The summed E-state index contributed by atoms with van der Waals surface area (Å²) in [6.45, 7) is 1.95. The normalized spacial score (nSPS) is 14.0. The molecule has 126 valence electrons. The third-order valence-corrected chi connectivity index (χ3v) is 4.39. The molecule has 0 saturated carbocycles. The maximum Gasteiger partial charge on any atom is 0.253 e. The van der Waals surface area contributed by atoms with E-state index in [-0.39, 0.29) is 18.2 Å². The van der Waals surface area contributed by atoms with Crippen molar-refractivity contribution in [2.75, 3.05) is 26.2 Å². The first-order chi connectivity index (χ1) is 12.2. The van der Waals surface area contributed by atoms with Gasteiger partial charge in [0.25, 0.3) is 5.91 Å². The number of rotatable bonds is 3. The van der Waals surface area contributed by atoms with E-state index >= 15 is 0 Å². The summed E-state index contributed by atoms with van der Waals surface area (Å²) in [5, 5.41) is 8.60. The first kappa shape index (κ1) is 16.7. The molecule has 1 saturated heterocycles. The lowest BCUT2D eigenvalue weighted by atomic mass is 10.0. The summed E-state index contributed by atoms with van der Waals surface area (Å²) in [7, 11) is 0. The van der Waals surface area contributed by atoms with Gasteiger partial charge in [0, 0.05) is 31.7 Å². The van der Waals surface area contributed by atoms with Gasteiger partial charge in [-0.25, -0.2) is 0 Å². The van der Waals surface area contributed by atoms with Crippen LogP contribution in [0.3, 0.4) is 0 Å². The van der Waals surface area contributed by atoms with Crippen LogP contribution in [-0.2, 0) is 4.79 Å². The maximum atomic E-state index is 12.6. The molecule has 2 amide bonds. The molecule has 25 heavy (non-hydrogen) atoms. The lowest BCUT2D eigenvalue weighted by Gasteiger charge is -2.34. The van der Waals surface area contributed by atoms with Crippen LogP contribution < -0.4 is 0 Å². The van der Waals surface area contributed by atoms with Crippen molar-refractivity contribution in [3.05, 3.63) is 60.2 Å². The van der Waals surface area contributed by atoms with Crippen LogP contribution in [0.5, 0.6) is 0 Å². The van der Waals surface area contributed by atoms with E-state index < -0.39 is 0 Å². The summed E-state index contributed by atoms with van der Waals surface area (Å²) < 4.78 is 0. The summed E-state index contributed by atoms with van der Waals surface area (Å²) in [4.78, 5) is 27.7. The Kier molecular flexibility index (Phi) is 5.10. The highest BCUT2D eigenvalue weighted by Gasteiger charge is 2.24. The minimum absolute atomic E-state index is 0.0213. The van der Waals surface area contributed by atoms with Gasteiger partial charge in [0.15, 0.2) is 0 Å². The molecule has 0 aliphatic carbocycles. The van der Waals surface area contributed by atoms with Crippen LogP contribution >= 0.6 is 0 Å². The molecule has 0 unspecified atom stereocenters. The van der Waals surface area contributed by atoms with E-state index in [1.807, 2.05) is 60.7 Å². The van der Waals surface area contributed by atoms with E-state index in [4.69, 9.17) is 5.26 Å². The van der Waals surface area contributed by atoms with Crippen molar-refractivity contribution < 1.29 is 9.59 Å². The molecule has 2 aromatic rings. The number of nitriles is 1. The number of hydrogen-bond acceptors (Lipinski definition) is 3. The Labute approximate surface area is 147 Å². The minimum atomic E-state index is -0.165. The lowest BCUT2D eigenvalue weighted by molar-refractivity contribution is -0.131. The summed E-state index contributed by atoms with van der Waals surface area (Å²) in [5.74, 6) is -0.186. The molecule has 3 rings (SSSR count). The van der Waals surface area contributed by atoms with Crippen LogP contribution in [0.15, 0.2) is 54.6 Å². The molecule has 1 aliphatic rings. The van der Waals surface area contributed by atoms with Gasteiger partial charge in [-0.2, -0.15) is 5.26 Å². The second kappa shape index (κ2) is 7.63. The number of piperazine rings is 1. The highest BCUT2D eigenvalue weighted by Crippen LogP contribution is 2.20. The number of benzene rings is 2. The van der Waals surface area contributed by atoms with Crippen LogP contribution in [0.2, 0.25) is 0 Å². The fourth-order valence-electron chi connectivity index (χ4n) is 2.96. The van der Waals surface area contributed by atoms with Crippen molar-refractivity contribution in [1.82, 2.24) is 9.80 Å². The third kappa shape index (κ3) is 3.86. The van der Waals surface area contributed by atoms with E-state index in [1.165, 1.54) is 0 Å². The van der Waals surface area contributed by atoms with Crippen molar-refractivity contribution in [2.45, 2.75) is 6.42 Å². The molecule has 0 N–H and O–H groups in total. The van der Waals surface area contributed by atoms with Crippen LogP contribution in [-0.4, -0.2) is 47.8 Å². The molecular formula is C20H19N3O2. The van der Waals surface area contributed by atoms with Crippen molar-refractivity contribution in [1.29, 1.82) is 5.26 Å². The second-order valence-corrected chi connectivity index (χ2v) is 5.95. The molecule has 0 aromatic heterocycles. The molecule has 0 atom stereocenters. The number of amides is 2. The van der Waals surface area contributed by atoms with Gasteiger partial charge in [-0.05, 0) is 23.3 Å². The van der Waals surface area contributed by atoms with E-state index in [9.17, 15) is 9.59 Å². The number of carbonyl (C=O) groups is 2. The second-order valence-electron chi connectivity index (χ2n) is 5.95. The van der Waals surface area contributed by atoms with Gasteiger partial charge in [0.2, 0.25) is 5.91 Å². The zero-order chi connectivity index (χ0) is 17.6. The third-order valence-electron chi connectivity index (χ3n) is 4.39. The predicted octanol–water partition coefficient (Wildman–Crippen LogP) is 2.55. The van der Waals surface area contributed by atoms with Crippen molar-refractivity contribution >= 4 is 11.8 Å². The summed E-state index contributed by atoms with van der Waals surface area (Å²) >= 11 is 0. The van der Waals surface area contributed by atoms with Crippen molar-refractivity contribution in [2.24, 2.45) is 0 Å². The Bertz CT molecular complexity index is 786. The molecule has 0 radical (unpaired) electrons. The van der Waals surface area contributed by atoms with Crippen molar-refractivity contribution in [3.63, 3.8) is 0 Å². The van der Waals surface area contributed by atoms with Crippen LogP contribution in [0.4, 0.5) is 0 Å². The zero-order valence-electron chi connectivity index (χ0n) is 13.9. The number of carbonyl (C=O) groups excluding carboxylic acids is 2. The average molecular weight is 333 g/mol. The first-order valence-corrected chi connectivity index (χ1v) is 8.28. The standard InChI is InChI=1S/C20H19N3O2/c21-11-10-19(24)22-12-14-23(15-13-22)20(25)18-8-6-17(7-9-18)16-4-2-1-3-5-16/h1-9H,10,12-15H2. The monoisotopic (exact) mass is 333 g/mol. The molecule has 5 nitrogen and oxygen atoms in total. The largest absolute Gasteiger partial charge is 0.338 e. The summed E-state index contributed by atoms with van der Waals surface area (Å²) in [6.07, 6.45) is -0.102. The van der Waals surface area contributed by atoms with E-state index in [0.717, 1.165) is 11.1 Å². The molecule has 5 heteroatoms. The lowest BCUT2D eigenvalue weighted by Crippen LogP contribution is -2.50. The summed E-state index contributed by atoms with van der Waals surface area (Å²) in [6, 6.07) is 19.5. The molecule has 1 fully saturated rings. The van der Waals surface area contributed by atoms with Gasteiger partial charge >= 0.3 is 0 Å². The molecule has 0 bridgehead atoms. The molecule has 1 aliphatic heterocycles. The smallest absolute Gasteiger partial charge is 0.253 e. The van der Waals surface area contributed by atoms with Gasteiger partial charge in [-0.3, -0.25) is 9.59 Å². The van der Waals surface area contributed by atoms with Gasteiger partial charge in [0.05, 0.1) is 6.07 Å². The maximum absolute atomic E-state index is 12.6. The Morgan fingerprint density at radius 2 is 1.40 bits per heavy atom. The highest BCUT2D eigenvalue weighted by atomic mass is 16.2.